The number of hydrogen-bond donors (Lipinski definition) is 1. The van der Waals surface area contributed by atoms with Gasteiger partial charge in [0, 0.05) is 18.0 Å². The van der Waals surface area contributed by atoms with Crippen molar-refractivity contribution in [1.82, 2.24) is 9.97 Å². The maximum Gasteiger partial charge on any atom is 0.327 e. The Morgan fingerprint density at radius 2 is 2.13 bits per heavy atom. The Morgan fingerprint density at radius 1 is 1.35 bits per heavy atom. The van der Waals surface area contributed by atoms with Gasteiger partial charge in [0.15, 0.2) is 6.79 Å². The summed E-state index contributed by atoms with van der Waals surface area (Å²) in [6.45, 7) is 0.595. The Labute approximate surface area is 139 Å². The van der Waals surface area contributed by atoms with Crippen molar-refractivity contribution in [3.05, 3.63) is 41.0 Å². The van der Waals surface area contributed by atoms with E-state index in [1.54, 1.807) is 23.2 Å². The maximum atomic E-state index is 12.4. The summed E-state index contributed by atoms with van der Waals surface area (Å²) in [6.07, 6.45) is 3.50. The van der Waals surface area contributed by atoms with Crippen molar-refractivity contribution in [1.29, 1.82) is 0 Å². The van der Waals surface area contributed by atoms with Crippen molar-refractivity contribution >= 4 is 39.7 Å². The van der Waals surface area contributed by atoms with Gasteiger partial charge >= 0.3 is 6.03 Å². The van der Waals surface area contributed by atoms with Gasteiger partial charge in [-0.05, 0) is 12.1 Å². The van der Waals surface area contributed by atoms with Crippen LogP contribution in [0.2, 0.25) is 5.02 Å². The lowest BCUT2D eigenvalue weighted by molar-refractivity contribution is 0.0470. The molecule has 1 aromatic carbocycles. The zero-order valence-electron chi connectivity index (χ0n) is 12.2. The van der Waals surface area contributed by atoms with Gasteiger partial charge in [0.25, 0.3) is 0 Å². The summed E-state index contributed by atoms with van der Waals surface area (Å²) in [5, 5.41) is 3.75. The van der Waals surface area contributed by atoms with Crippen LogP contribution in [0.15, 0.2) is 35.6 Å². The molecule has 1 saturated heterocycles. The van der Waals surface area contributed by atoms with Gasteiger partial charge in [0.1, 0.15) is 5.82 Å². The number of carbonyl (C=O) groups is 1. The lowest BCUT2D eigenvalue weighted by Crippen LogP contribution is -2.39. The Kier molecular flexibility index (Phi) is 3.42. The molecule has 0 atom stereocenters. The average molecular weight is 353 g/mol. The topological polar surface area (TPSA) is 76.6 Å². The fraction of sp³-hybridized carbons (Fsp3) is 0.214. The van der Waals surface area contributed by atoms with E-state index >= 15 is 0 Å². The molecule has 3 heterocycles. The maximum absolute atomic E-state index is 12.4. The van der Waals surface area contributed by atoms with Gasteiger partial charge in [-0.3, -0.25) is 10.2 Å². The van der Waals surface area contributed by atoms with Gasteiger partial charge in [0.05, 0.1) is 17.3 Å². The number of carbonyl (C=O) groups excluding carboxylic acids is 1. The van der Waals surface area contributed by atoms with Crippen LogP contribution >= 0.6 is 22.2 Å². The van der Waals surface area contributed by atoms with Crippen molar-refractivity contribution in [2.24, 2.45) is 0 Å². The Balaban J connectivity index is 1.67. The largest absolute Gasteiger partial charge is 0.327 e. The second-order valence-corrected chi connectivity index (χ2v) is 7.91. The van der Waals surface area contributed by atoms with E-state index in [1.807, 2.05) is 18.4 Å². The molecule has 0 radical (unpaired) electrons. The summed E-state index contributed by atoms with van der Waals surface area (Å²) in [7, 11) is -1.85. The highest BCUT2D eigenvalue weighted by Gasteiger charge is 2.33. The van der Waals surface area contributed by atoms with Crippen LogP contribution in [0.5, 0.6) is 0 Å². The standard InChI is InChI=1S/C14H13ClN4O3S/c1-23(21-8-22-23)13-16-6-9-7-19(14(20)18-12(9)17-13)11-5-3-2-4-10(11)15/h2-6H,7-8H2,1H3,(H,16,17,18,20). The highest BCUT2D eigenvalue weighted by atomic mass is 35.5. The predicted octanol–water partition coefficient (Wildman–Crippen LogP) is 3.31. The van der Waals surface area contributed by atoms with E-state index in [-0.39, 0.29) is 12.8 Å². The van der Waals surface area contributed by atoms with Crippen LogP contribution in [0.4, 0.5) is 16.3 Å². The van der Waals surface area contributed by atoms with E-state index in [0.29, 0.717) is 28.2 Å². The SMILES string of the molecule is CS1(c2ncc3c(n2)NC(=O)N(c2ccccc2Cl)C3)OCO1. The van der Waals surface area contributed by atoms with E-state index in [9.17, 15) is 4.79 Å². The lowest BCUT2D eigenvalue weighted by atomic mass is 10.2. The number of fused-ring (bicyclic) bond motifs is 1. The lowest BCUT2D eigenvalue weighted by Gasteiger charge is -2.44. The van der Waals surface area contributed by atoms with Crippen molar-refractivity contribution in [3.63, 3.8) is 0 Å². The third-order valence-corrected chi connectivity index (χ3v) is 5.93. The molecule has 0 spiro atoms. The third kappa shape index (κ3) is 2.43. The second kappa shape index (κ2) is 5.34. The summed E-state index contributed by atoms with van der Waals surface area (Å²) in [5.74, 6) is 0.483. The quantitative estimate of drug-likeness (QED) is 0.839. The Bertz CT molecular complexity index is 799. The molecule has 120 valence electrons. The summed E-state index contributed by atoms with van der Waals surface area (Å²) in [4.78, 5) is 22.7. The molecule has 0 aliphatic carbocycles. The number of anilines is 2. The van der Waals surface area contributed by atoms with Gasteiger partial charge in [0.2, 0.25) is 5.16 Å². The van der Waals surface area contributed by atoms with Crippen LogP contribution in [0.25, 0.3) is 0 Å². The Hall–Kier alpha value is -1.87. The monoisotopic (exact) mass is 352 g/mol. The minimum absolute atomic E-state index is 0.249. The van der Waals surface area contributed by atoms with Crippen LogP contribution in [0, 0.1) is 0 Å². The van der Waals surface area contributed by atoms with Gasteiger partial charge < -0.3 is 0 Å². The summed E-state index contributed by atoms with van der Waals surface area (Å²) in [6, 6.07) is 6.90. The number of rotatable bonds is 2. The fourth-order valence-electron chi connectivity index (χ4n) is 2.37. The first-order chi connectivity index (χ1) is 11.1. The van der Waals surface area contributed by atoms with Crippen LogP contribution in [0.1, 0.15) is 5.56 Å². The molecule has 2 aliphatic heterocycles. The second-order valence-electron chi connectivity index (χ2n) is 5.12. The molecule has 2 aromatic rings. The zero-order valence-corrected chi connectivity index (χ0v) is 13.7. The van der Waals surface area contributed by atoms with Crippen molar-refractivity contribution in [2.75, 3.05) is 23.3 Å². The van der Waals surface area contributed by atoms with E-state index in [1.165, 1.54) is 0 Å². The Morgan fingerprint density at radius 3 is 2.83 bits per heavy atom. The molecular weight excluding hydrogens is 340 g/mol. The number of urea groups is 1. The first-order valence-corrected chi connectivity index (χ1v) is 9.10. The molecule has 0 bridgehead atoms. The number of halogens is 1. The molecule has 2 amide bonds. The zero-order chi connectivity index (χ0) is 16.0. The van der Waals surface area contributed by atoms with Crippen molar-refractivity contribution in [2.45, 2.75) is 11.7 Å². The molecular formula is C14H13ClN4O3S. The van der Waals surface area contributed by atoms with E-state index in [4.69, 9.17) is 20.0 Å². The number of nitrogens with zero attached hydrogens (tertiary/aromatic N) is 3. The van der Waals surface area contributed by atoms with E-state index < -0.39 is 10.6 Å². The van der Waals surface area contributed by atoms with Crippen LogP contribution in [-0.4, -0.2) is 29.0 Å². The van der Waals surface area contributed by atoms with Gasteiger partial charge in [-0.2, -0.15) is 4.98 Å². The third-order valence-electron chi connectivity index (χ3n) is 3.66. The molecule has 1 fully saturated rings. The molecule has 1 N–H and O–H groups in total. The van der Waals surface area contributed by atoms with Crippen LogP contribution < -0.4 is 10.2 Å². The molecule has 2 aliphatic rings. The molecule has 4 rings (SSSR count). The molecule has 0 unspecified atom stereocenters. The summed E-state index contributed by atoms with van der Waals surface area (Å²) < 4.78 is 10.8. The molecule has 9 heteroatoms. The molecule has 7 nitrogen and oxygen atoms in total. The number of aromatic nitrogens is 2. The van der Waals surface area contributed by atoms with Gasteiger partial charge in [-0.15, -0.1) is 10.6 Å². The van der Waals surface area contributed by atoms with Gasteiger partial charge in [-0.25, -0.2) is 18.1 Å². The first kappa shape index (κ1) is 14.7. The molecule has 0 saturated carbocycles. The number of nitrogens with one attached hydrogen (secondary N) is 1. The summed E-state index contributed by atoms with van der Waals surface area (Å²) in [5.41, 5.74) is 1.44. The number of benzene rings is 1. The number of para-hydroxylation sites is 1. The minimum atomic E-state index is -1.85. The smallest absolute Gasteiger partial charge is 0.291 e. The number of amides is 2. The molecule has 23 heavy (non-hydrogen) atoms. The van der Waals surface area contributed by atoms with Crippen LogP contribution in [0.3, 0.4) is 0 Å². The summed E-state index contributed by atoms with van der Waals surface area (Å²) >= 11 is 6.18. The van der Waals surface area contributed by atoms with E-state index in [2.05, 4.69) is 15.3 Å². The van der Waals surface area contributed by atoms with Crippen LogP contribution in [-0.2, 0) is 14.9 Å². The fourth-order valence-corrected chi connectivity index (χ4v) is 3.70. The van der Waals surface area contributed by atoms with Crippen molar-refractivity contribution < 1.29 is 13.2 Å². The predicted molar refractivity (Wildman–Crippen MR) is 87.5 cm³/mol. The van der Waals surface area contributed by atoms with E-state index in [0.717, 1.165) is 5.56 Å². The average Bonchev–Trinajstić information content (AvgIpc) is 2.52. The van der Waals surface area contributed by atoms with Gasteiger partial charge in [-0.1, -0.05) is 23.7 Å². The highest BCUT2D eigenvalue weighted by molar-refractivity contribution is 8.25. The minimum Gasteiger partial charge on any atom is -0.291 e. The molecule has 1 aromatic heterocycles. The normalized spacial score (nSPS) is 20.3. The first-order valence-electron chi connectivity index (χ1n) is 6.83. The highest BCUT2D eigenvalue weighted by Crippen LogP contribution is 2.59. The number of hydrogen-bond acceptors (Lipinski definition) is 5. The van der Waals surface area contributed by atoms with Crippen molar-refractivity contribution in [3.8, 4) is 0 Å².